The summed E-state index contributed by atoms with van der Waals surface area (Å²) in [5, 5.41) is 9.43. The molecular formula is C16H27NO2. The Kier molecular flexibility index (Phi) is 3.59. The van der Waals surface area contributed by atoms with Crippen LogP contribution in [0.3, 0.4) is 0 Å². The molecule has 2 bridgehead atoms. The number of piperidine rings is 1. The van der Waals surface area contributed by atoms with Crippen LogP contribution in [0.2, 0.25) is 0 Å². The Balaban J connectivity index is 1.52. The van der Waals surface area contributed by atoms with Gasteiger partial charge in [0.25, 0.3) is 0 Å². The van der Waals surface area contributed by atoms with Crippen molar-refractivity contribution in [2.24, 2.45) is 23.2 Å². The smallest absolute Gasteiger partial charge is 0.309 e. The van der Waals surface area contributed by atoms with Gasteiger partial charge in [0.2, 0.25) is 0 Å². The number of aliphatic carboxylic acids is 1. The van der Waals surface area contributed by atoms with Gasteiger partial charge in [-0.1, -0.05) is 13.3 Å². The highest BCUT2D eigenvalue weighted by Gasteiger charge is 2.43. The van der Waals surface area contributed by atoms with Crippen molar-refractivity contribution in [2.75, 3.05) is 19.6 Å². The first-order valence-corrected chi connectivity index (χ1v) is 8.09. The van der Waals surface area contributed by atoms with Gasteiger partial charge in [-0.25, -0.2) is 0 Å². The molecule has 3 heteroatoms. The molecule has 3 rings (SSSR count). The topological polar surface area (TPSA) is 40.5 Å². The summed E-state index contributed by atoms with van der Waals surface area (Å²) >= 11 is 0. The molecule has 19 heavy (non-hydrogen) atoms. The van der Waals surface area contributed by atoms with Crippen molar-refractivity contribution < 1.29 is 9.90 Å². The zero-order valence-electron chi connectivity index (χ0n) is 12.1. The van der Waals surface area contributed by atoms with Crippen LogP contribution < -0.4 is 0 Å². The summed E-state index contributed by atoms with van der Waals surface area (Å²) in [6, 6.07) is 0. The summed E-state index contributed by atoms with van der Waals surface area (Å²) in [7, 11) is 0. The fourth-order valence-corrected chi connectivity index (χ4v) is 4.81. The third kappa shape index (κ3) is 2.42. The van der Waals surface area contributed by atoms with E-state index in [-0.39, 0.29) is 0 Å². The van der Waals surface area contributed by atoms with Crippen LogP contribution in [-0.2, 0) is 4.79 Å². The molecule has 3 nitrogen and oxygen atoms in total. The van der Waals surface area contributed by atoms with Crippen LogP contribution in [-0.4, -0.2) is 35.6 Å². The number of carboxylic acid groups (broad SMARTS) is 1. The van der Waals surface area contributed by atoms with Crippen LogP contribution in [0.5, 0.6) is 0 Å². The first-order valence-electron chi connectivity index (χ1n) is 8.09. The number of nitrogens with zero attached hydrogens (tertiary/aromatic N) is 1. The number of carboxylic acids is 1. The molecule has 2 aliphatic carbocycles. The number of hydrogen-bond donors (Lipinski definition) is 1. The summed E-state index contributed by atoms with van der Waals surface area (Å²) in [6.45, 7) is 5.25. The number of rotatable bonds is 4. The first kappa shape index (κ1) is 13.4. The van der Waals surface area contributed by atoms with E-state index < -0.39 is 11.4 Å². The maximum Gasteiger partial charge on any atom is 0.309 e. The molecule has 1 heterocycles. The van der Waals surface area contributed by atoms with Gasteiger partial charge < -0.3 is 10.0 Å². The van der Waals surface area contributed by atoms with E-state index in [2.05, 4.69) is 4.90 Å². The predicted octanol–water partition coefficient (Wildman–Crippen LogP) is 3.00. The second kappa shape index (κ2) is 5.08. The zero-order chi connectivity index (χ0) is 13.5. The van der Waals surface area contributed by atoms with Gasteiger partial charge in [-0.2, -0.15) is 0 Å². The quantitative estimate of drug-likeness (QED) is 0.849. The highest BCUT2D eigenvalue weighted by Crippen LogP contribution is 2.48. The Morgan fingerprint density at radius 1 is 1.26 bits per heavy atom. The molecule has 108 valence electrons. The van der Waals surface area contributed by atoms with E-state index in [1.807, 2.05) is 6.92 Å². The number of hydrogen-bond acceptors (Lipinski definition) is 2. The van der Waals surface area contributed by atoms with Gasteiger partial charge in [0.1, 0.15) is 0 Å². The minimum absolute atomic E-state index is 0.425. The molecule has 1 aliphatic heterocycles. The normalized spacial score (nSPS) is 37.6. The maximum atomic E-state index is 11.4. The summed E-state index contributed by atoms with van der Waals surface area (Å²) in [5.74, 6) is 2.35. The summed E-state index contributed by atoms with van der Waals surface area (Å²) in [5.41, 5.74) is -0.425. The highest BCUT2D eigenvalue weighted by molar-refractivity contribution is 5.74. The van der Waals surface area contributed by atoms with Crippen LogP contribution in [0, 0.1) is 23.2 Å². The predicted molar refractivity (Wildman–Crippen MR) is 75.0 cm³/mol. The summed E-state index contributed by atoms with van der Waals surface area (Å²) in [4.78, 5) is 14.0. The fraction of sp³-hybridized carbons (Fsp3) is 0.938. The molecule has 0 amide bonds. The molecule has 0 radical (unpaired) electrons. The van der Waals surface area contributed by atoms with Crippen LogP contribution in [0.15, 0.2) is 0 Å². The maximum absolute atomic E-state index is 11.4. The van der Waals surface area contributed by atoms with Crippen molar-refractivity contribution in [1.29, 1.82) is 0 Å². The average Bonchev–Trinajstić information content (AvgIpc) is 3.02. The molecule has 2 saturated carbocycles. The monoisotopic (exact) mass is 265 g/mol. The minimum Gasteiger partial charge on any atom is -0.481 e. The van der Waals surface area contributed by atoms with Gasteiger partial charge >= 0.3 is 5.97 Å². The standard InChI is InChI=1S/C16H27NO2/c1-2-16(15(18)19)5-7-17(8-6-16)11-14-10-12-3-4-13(14)9-12/h12-14H,2-11H2,1H3,(H,18,19). The largest absolute Gasteiger partial charge is 0.481 e. The van der Waals surface area contributed by atoms with Crippen molar-refractivity contribution in [3.63, 3.8) is 0 Å². The summed E-state index contributed by atoms with van der Waals surface area (Å²) in [6.07, 6.45) is 8.32. The molecule has 0 spiro atoms. The molecular weight excluding hydrogens is 238 g/mol. The van der Waals surface area contributed by atoms with E-state index >= 15 is 0 Å². The van der Waals surface area contributed by atoms with Crippen molar-refractivity contribution in [3.05, 3.63) is 0 Å². The Morgan fingerprint density at radius 2 is 2.00 bits per heavy atom. The minimum atomic E-state index is -0.574. The number of fused-ring (bicyclic) bond motifs is 2. The van der Waals surface area contributed by atoms with Crippen LogP contribution in [0.25, 0.3) is 0 Å². The van der Waals surface area contributed by atoms with Gasteiger partial charge in [0.05, 0.1) is 5.41 Å². The number of carbonyl (C=O) groups is 1. The van der Waals surface area contributed by atoms with Crippen molar-refractivity contribution in [3.8, 4) is 0 Å². The molecule has 1 saturated heterocycles. The van der Waals surface area contributed by atoms with E-state index in [9.17, 15) is 9.90 Å². The molecule has 3 aliphatic rings. The second-order valence-corrected chi connectivity index (χ2v) is 7.17. The Labute approximate surface area is 116 Å². The van der Waals surface area contributed by atoms with Gasteiger partial charge in [-0.3, -0.25) is 4.79 Å². The Bertz CT molecular complexity index is 347. The molecule has 3 fully saturated rings. The second-order valence-electron chi connectivity index (χ2n) is 7.17. The molecule has 0 aromatic heterocycles. The van der Waals surface area contributed by atoms with Crippen molar-refractivity contribution in [1.82, 2.24) is 4.90 Å². The van der Waals surface area contributed by atoms with E-state index in [1.165, 1.54) is 32.2 Å². The van der Waals surface area contributed by atoms with Crippen LogP contribution >= 0.6 is 0 Å². The summed E-state index contributed by atoms with van der Waals surface area (Å²) < 4.78 is 0. The lowest BCUT2D eigenvalue weighted by molar-refractivity contribution is -0.152. The van der Waals surface area contributed by atoms with Crippen molar-refractivity contribution in [2.45, 2.75) is 51.9 Å². The van der Waals surface area contributed by atoms with Gasteiger partial charge in [-0.05, 0) is 69.4 Å². The molecule has 0 aromatic carbocycles. The van der Waals surface area contributed by atoms with E-state index in [0.29, 0.717) is 0 Å². The van der Waals surface area contributed by atoms with Crippen LogP contribution in [0.1, 0.15) is 51.9 Å². The Hall–Kier alpha value is -0.570. The van der Waals surface area contributed by atoms with Crippen LogP contribution in [0.4, 0.5) is 0 Å². The molecule has 3 atom stereocenters. The van der Waals surface area contributed by atoms with Gasteiger partial charge in [0, 0.05) is 6.54 Å². The molecule has 1 N–H and O–H groups in total. The lowest BCUT2D eigenvalue weighted by Crippen LogP contribution is -2.45. The fourth-order valence-electron chi connectivity index (χ4n) is 4.81. The lowest BCUT2D eigenvalue weighted by atomic mass is 9.76. The third-order valence-corrected chi connectivity index (χ3v) is 6.32. The SMILES string of the molecule is CCC1(C(=O)O)CCN(CC2CC3CCC2C3)CC1. The van der Waals surface area contributed by atoms with E-state index in [0.717, 1.165) is 50.1 Å². The van der Waals surface area contributed by atoms with Gasteiger partial charge in [-0.15, -0.1) is 0 Å². The van der Waals surface area contributed by atoms with E-state index in [1.54, 1.807) is 0 Å². The lowest BCUT2D eigenvalue weighted by Gasteiger charge is -2.40. The third-order valence-electron chi connectivity index (χ3n) is 6.32. The zero-order valence-corrected chi connectivity index (χ0v) is 12.1. The van der Waals surface area contributed by atoms with Crippen molar-refractivity contribution >= 4 is 5.97 Å². The Morgan fingerprint density at radius 3 is 2.47 bits per heavy atom. The molecule has 3 unspecified atom stereocenters. The highest BCUT2D eigenvalue weighted by atomic mass is 16.4. The first-order chi connectivity index (χ1) is 9.13. The molecule has 0 aromatic rings. The van der Waals surface area contributed by atoms with Gasteiger partial charge in [0.15, 0.2) is 0 Å². The average molecular weight is 265 g/mol. The van der Waals surface area contributed by atoms with E-state index in [4.69, 9.17) is 0 Å². The number of likely N-dealkylation sites (tertiary alicyclic amines) is 1.